The fraction of sp³-hybridized carbons (Fsp3) is 0.333. The van der Waals surface area contributed by atoms with Crippen LogP contribution >= 0.6 is 0 Å². The van der Waals surface area contributed by atoms with Crippen LogP contribution in [-0.2, 0) is 11.3 Å². The lowest BCUT2D eigenvalue weighted by Gasteiger charge is -2.07. The van der Waals surface area contributed by atoms with Gasteiger partial charge in [-0.15, -0.1) is 0 Å². The summed E-state index contributed by atoms with van der Waals surface area (Å²) < 4.78 is 8.06. The molecule has 0 radical (unpaired) electrons. The summed E-state index contributed by atoms with van der Waals surface area (Å²) in [6, 6.07) is 7.14. The molecule has 1 aromatic heterocycles. The van der Waals surface area contributed by atoms with E-state index in [1.165, 1.54) is 4.57 Å². The molecule has 0 aliphatic heterocycles. The Balaban J connectivity index is 2.06. The zero-order chi connectivity index (χ0) is 15.4. The second-order valence-electron chi connectivity index (χ2n) is 4.99. The maximum atomic E-state index is 12.0. The summed E-state index contributed by atoms with van der Waals surface area (Å²) in [7, 11) is 1.56. The largest absolute Gasteiger partial charge is 0.497 e. The van der Waals surface area contributed by atoms with Crippen molar-refractivity contribution in [3.05, 3.63) is 47.1 Å². The van der Waals surface area contributed by atoms with Crippen LogP contribution in [0.4, 0.5) is 5.69 Å². The molecule has 0 bridgehead atoms. The molecule has 0 aliphatic rings. The van der Waals surface area contributed by atoms with Gasteiger partial charge in [-0.2, -0.15) is 0 Å². The van der Waals surface area contributed by atoms with Gasteiger partial charge in [0.2, 0.25) is 5.91 Å². The number of aromatic nitrogens is 2. The molecule has 0 unspecified atom stereocenters. The molecule has 21 heavy (non-hydrogen) atoms. The van der Waals surface area contributed by atoms with Crippen LogP contribution in [0.15, 0.2) is 41.5 Å². The van der Waals surface area contributed by atoms with Gasteiger partial charge < -0.3 is 10.1 Å². The van der Waals surface area contributed by atoms with Crippen molar-refractivity contribution in [1.29, 1.82) is 0 Å². The highest BCUT2D eigenvalue weighted by Gasteiger charge is 2.10. The standard InChI is InChI=1S/C15H19N3O3/c1-11(2)18-8-7-17(15(18)20)10-14(19)16-12-5-4-6-13(9-12)21-3/h4-9,11H,10H2,1-3H3,(H,16,19). The molecule has 1 heterocycles. The van der Waals surface area contributed by atoms with Crippen LogP contribution < -0.4 is 15.7 Å². The Labute approximate surface area is 123 Å². The van der Waals surface area contributed by atoms with Crippen molar-refractivity contribution in [3.63, 3.8) is 0 Å². The molecule has 2 rings (SSSR count). The van der Waals surface area contributed by atoms with E-state index in [0.29, 0.717) is 11.4 Å². The molecule has 1 N–H and O–H groups in total. The number of nitrogens with one attached hydrogen (secondary N) is 1. The minimum Gasteiger partial charge on any atom is -0.497 e. The van der Waals surface area contributed by atoms with E-state index >= 15 is 0 Å². The number of nitrogens with zero attached hydrogens (tertiary/aromatic N) is 2. The van der Waals surface area contributed by atoms with E-state index in [0.717, 1.165) is 0 Å². The molecule has 0 fully saturated rings. The van der Waals surface area contributed by atoms with Gasteiger partial charge in [0.25, 0.3) is 0 Å². The molecule has 6 heteroatoms. The zero-order valence-electron chi connectivity index (χ0n) is 12.4. The summed E-state index contributed by atoms with van der Waals surface area (Å²) in [6.07, 6.45) is 3.30. The average molecular weight is 289 g/mol. The van der Waals surface area contributed by atoms with Crippen LogP contribution in [0.3, 0.4) is 0 Å². The number of hydrogen-bond donors (Lipinski definition) is 1. The number of amides is 1. The molecular weight excluding hydrogens is 270 g/mol. The lowest BCUT2D eigenvalue weighted by Crippen LogP contribution is -2.29. The number of methoxy groups -OCH3 is 1. The Bertz CT molecular complexity index is 685. The molecule has 0 saturated carbocycles. The van der Waals surface area contributed by atoms with Gasteiger partial charge in [0.05, 0.1) is 7.11 Å². The van der Waals surface area contributed by atoms with Gasteiger partial charge in [-0.3, -0.25) is 13.9 Å². The first-order chi connectivity index (χ1) is 10.0. The summed E-state index contributed by atoms with van der Waals surface area (Å²) >= 11 is 0. The van der Waals surface area contributed by atoms with Crippen molar-refractivity contribution < 1.29 is 9.53 Å². The number of hydrogen-bond acceptors (Lipinski definition) is 3. The normalized spacial score (nSPS) is 10.7. The third kappa shape index (κ3) is 3.53. The Morgan fingerprint density at radius 3 is 2.71 bits per heavy atom. The monoisotopic (exact) mass is 289 g/mol. The van der Waals surface area contributed by atoms with Crippen molar-refractivity contribution >= 4 is 11.6 Å². The summed E-state index contributed by atoms with van der Waals surface area (Å²) in [4.78, 5) is 24.0. The molecule has 112 valence electrons. The van der Waals surface area contributed by atoms with Gasteiger partial charge in [0.1, 0.15) is 12.3 Å². The van der Waals surface area contributed by atoms with Crippen LogP contribution in [0.2, 0.25) is 0 Å². The number of rotatable bonds is 5. The minimum absolute atomic E-state index is 0.0181. The molecule has 2 aromatic rings. The summed E-state index contributed by atoms with van der Waals surface area (Å²) in [5, 5.41) is 2.74. The lowest BCUT2D eigenvalue weighted by atomic mass is 10.3. The van der Waals surface area contributed by atoms with E-state index < -0.39 is 0 Å². The maximum absolute atomic E-state index is 12.0. The molecular formula is C15H19N3O3. The topological polar surface area (TPSA) is 65.3 Å². The van der Waals surface area contributed by atoms with Gasteiger partial charge in [-0.05, 0) is 26.0 Å². The van der Waals surface area contributed by atoms with Gasteiger partial charge in [0, 0.05) is 30.2 Å². The highest BCUT2D eigenvalue weighted by atomic mass is 16.5. The first-order valence-corrected chi connectivity index (χ1v) is 6.72. The number of carbonyl (C=O) groups excluding carboxylic acids is 1. The predicted octanol–water partition coefficient (Wildman–Crippen LogP) is 1.88. The fourth-order valence-electron chi connectivity index (χ4n) is 2.00. The van der Waals surface area contributed by atoms with Crippen LogP contribution in [0.1, 0.15) is 19.9 Å². The lowest BCUT2D eigenvalue weighted by molar-refractivity contribution is -0.116. The molecule has 1 aromatic carbocycles. The van der Waals surface area contributed by atoms with Gasteiger partial charge in [-0.25, -0.2) is 4.79 Å². The summed E-state index contributed by atoms with van der Waals surface area (Å²) in [5.41, 5.74) is 0.446. The van der Waals surface area contributed by atoms with E-state index in [4.69, 9.17) is 4.74 Å². The van der Waals surface area contributed by atoms with Crippen molar-refractivity contribution in [1.82, 2.24) is 9.13 Å². The average Bonchev–Trinajstić information content (AvgIpc) is 2.80. The first kappa shape index (κ1) is 14.9. The van der Waals surface area contributed by atoms with E-state index in [1.54, 1.807) is 48.3 Å². The van der Waals surface area contributed by atoms with Crippen molar-refractivity contribution in [2.24, 2.45) is 0 Å². The van der Waals surface area contributed by atoms with Crippen LogP contribution in [0, 0.1) is 0 Å². The number of imidazole rings is 1. The summed E-state index contributed by atoms with van der Waals surface area (Å²) in [6.45, 7) is 3.82. The maximum Gasteiger partial charge on any atom is 0.328 e. The van der Waals surface area contributed by atoms with Gasteiger partial charge in [-0.1, -0.05) is 6.07 Å². The van der Waals surface area contributed by atoms with E-state index in [2.05, 4.69) is 5.32 Å². The number of carbonyl (C=O) groups is 1. The van der Waals surface area contributed by atoms with Crippen LogP contribution in [0.25, 0.3) is 0 Å². The quantitative estimate of drug-likeness (QED) is 0.914. The number of benzene rings is 1. The molecule has 0 aliphatic carbocycles. The SMILES string of the molecule is COc1cccc(NC(=O)Cn2ccn(C(C)C)c2=O)c1. The molecule has 6 nitrogen and oxygen atoms in total. The van der Waals surface area contributed by atoms with E-state index in [-0.39, 0.29) is 24.2 Å². The van der Waals surface area contributed by atoms with Gasteiger partial charge >= 0.3 is 5.69 Å². The highest BCUT2D eigenvalue weighted by molar-refractivity contribution is 5.90. The number of anilines is 1. The fourth-order valence-corrected chi connectivity index (χ4v) is 2.00. The summed E-state index contributed by atoms with van der Waals surface area (Å²) in [5.74, 6) is 0.405. The number of ether oxygens (including phenoxy) is 1. The minimum atomic E-state index is -0.258. The third-order valence-electron chi connectivity index (χ3n) is 3.10. The van der Waals surface area contributed by atoms with Crippen LogP contribution in [-0.4, -0.2) is 22.2 Å². The Hall–Kier alpha value is -2.50. The van der Waals surface area contributed by atoms with Crippen molar-refractivity contribution in [3.8, 4) is 5.75 Å². The Morgan fingerprint density at radius 2 is 2.10 bits per heavy atom. The van der Waals surface area contributed by atoms with Crippen LogP contribution in [0.5, 0.6) is 5.75 Å². The van der Waals surface area contributed by atoms with E-state index in [1.807, 2.05) is 13.8 Å². The Kier molecular flexibility index (Phi) is 4.47. The predicted molar refractivity (Wildman–Crippen MR) is 80.7 cm³/mol. The van der Waals surface area contributed by atoms with Crippen molar-refractivity contribution in [2.75, 3.05) is 12.4 Å². The van der Waals surface area contributed by atoms with E-state index in [9.17, 15) is 9.59 Å². The highest BCUT2D eigenvalue weighted by Crippen LogP contribution is 2.16. The molecule has 0 spiro atoms. The molecule has 0 saturated heterocycles. The van der Waals surface area contributed by atoms with Crippen molar-refractivity contribution in [2.45, 2.75) is 26.4 Å². The zero-order valence-corrected chi connectivity index (χ0v) is 12.4. The molecule has 0 atom stereocenters. The third-order valence-corrected chi connectivity index (χ3v) is 3.10. The van der Waals surface area contributed by atoms with Gasteiger partial charge in [0.15, 0.2) is 0 Å². The molecule has 1 amide bonds. The Morgan fingerprint density at radius 1 is 1.33 bits per heavy atom. The first-order valence-electron chi connectivity index (χ1n) is 6.72. The second-order valence-corrected chi connectivity index (χ2v) is 4.99. The second kappa shape index (κ2) is 6.30. The smallest absolute Gasteiger partial charge is 0.328 e.